The van der Waals surface area contributed by atoms with Crippen LogP contribution >= 0.6 is 11.3 Å². The van der Waals surface area contributed by atoms with Gasteiger partial charge < -0.3 is 5.32 Å². The van der Waals surface area contributed by atoms with Gasteiger partial charge >= 0.3 is 0 Å². The number of fused-ring (bicyclic) bond motifs is 1. The van der Waals surface area contributed by atoms with Gasteiger partial charge in [0.25, 0.3) is 0 Å². The summed E-state index contributed by atoms with van der Waals surface area (Å²) >= 11 is 1.31. The summed E-state index contributed by atoms with van der Waals surface area (Å²) in [6.07, 6.45) is 0. The molecule has 0 aliphatic rings. The van der Waals surface area contributed by atoms with Crippen LogP contribution in [-0.4, -0.2) is 16.5 Å². The van der Waals surface area contributed by atoms with Crippen molar-refractivity contribution in [2.24, 2.45) is 5.10 Å². The molecule has 0 saturated carbocycles. The number of para-hydroxylation sites is 1. The number of rotatable bonds is 6. The Kier molecular flexibility index (Phi) is 5.35. The van der Waals surface area contributed by atoms with Crippen LogP contribution in [0.2, 0.25) is 0 Å². The number of carbonyl (C=O) groups is 1. The number of nitrogens with one attached hydrogen (secondary N) is 2. The van der Waals surface area contributed by atoms with E-state index < -0.39 is 0 Å². The molecule has 0 saturated heterocycles. The first kappa shape index (κ1) is 18.8. The van der Waals surface area contributed by atoms with E-state index in [0.29, 0.717) is 21.4 Å². The zero-order chi connectivity index (χ0) is 20.2. The highest BCUT2D eigenvalue weighted by Gasteiger charge is 2.20. The molecule has 4 aromatic rings. The van der Waals surface area contributed by atoms with Crippen LogP contribution in [0.25, 0.3) is 10.8 Å². The smallest absolute Gasteiger partial charge is 0.206 e. The average Bonchev–Trinajstić information content (AvgIpc) is 3.14. The Bertz CT molecular complexity index is 1190. The van der Waals surface area contributed by atoms with Gasteiger partial charge in [0.2, 0.25) is 5.78 Å². The van der Waals surface area contributed by atoms with Gasteiger partial charge in [0.05, 0.1) is 0 Å². The van der Waals surface area contributed by atoms with E-state index >= 15 is 0 Å². The molecule has 3 aromatic carbocycles. The number of ketones is 1. The Morgan fingerprint density at radius 1 is 0.931 bits per heavy atom. The molecule has 0 aliphatic carbocycles. The summed E-state index contributed by atoms with van der Waals surface area (Å²) < 4.78 is 0. The van der Waals surface area contributed by atoms with E-state index in [1.165, 1.54) is 11.3 Å². The molecule has 144 valence electrons. The fraction of sp³-hybridized carbons (Fsp3) is 0.0870. The van der Waals surface area contributed by atoms with Gasteiger partial charge in [-0.15, -0.1) is 0 Å². The van der Waals surface area contributed by atoms with Crippen molar-refractivity contribution < 1.29 is 4.79 Å². The van der Waals surface area contributed by atoms with Crippen LogP contribution in [0.1, 0.15) is 29.1 Å². The summed E-state index contributed by atoms with van der Waals surface area (Å²) in [6, 6.07) is 23.5. The first-order valence-corrected chi connectivity index (χ1v) is 10.0. The Balaban J connectivity index is 1.71. The summed E-state index contributed by atoms with van der Waals surface area (Å²) in [6.45, 7) is 3.76. The number of hydrogen-bond donors (Lipinski definition) is 2. The summed E-state index contributed by atoms with van der Waals surface area (Å²) in [4.78, 5) is 18.3. The Morgan fingerprint density at radius 3 is 2.41 bits per heavy atom. The Hall–Kier alpha value is -3.51. The molecule has 5 nitrogen and oxygen atoms in total. The molecule has 29 heavy (non-hydrogen) atoms. The van der Waals surface area contributed by atoms with E-state index in [0.717, 1.165) is 22.2 Å². The first-order chi connectivity index (χ1) is 14.1. The van der Waals surface area contributed by atoms with Crippen LogP contribution in [0.3, 0.4) is 0 Å². The van der Waals surface area contributed by atoms with Crippen LogP contribution in [0, 0.1) is 0 Å². The largest absolute Gasteiger partial charge is 0.331 e. The zero-order valence-corrected chi connectivity index (χ0v) is 17.0. The predicted octanol–water partition coefficient (Wildman–Crippen LogP) is 6.08. The number of carbonyl (C=O) groups excluding carboxylic acids is 1. The van der Waals surface area contributed by atoms with Gasteiger partial charge in [-0.1, -0.05) is 65.9 Å². The lowest BCUT2D eigenvalue weighted by molar-refractivity contribution is 0.104. The van der Waals surface area contributed by atoms with Crippen LogP contribution in [0.15, 0.2) is 77.9 Å². The average molecular weight is 401 g/mol. The van der Waals surface area contributed by atoms with E-state index in [-0.39, 0.29) is 5.78 Å². The molecule has 0 fully saturated rings. The second-order valence-corrected chi connectivity index (χ2v) is 7.75. The number of hydrogen-bond acceptors (Lipinski definition) is 6. The minimum Gasteiger partial charge on any atom is -0.331 e. The van der Waals surface area contributed by atoms with Gasteiger partial charge in [0, 0.05) is 17.0 Å². The second-order valence-electron chi connectivity index (χ2n) is 6.75. The van der Waals surface area contributed by atoms with E-state index in [9.17, 15) is 4.79 Å². The fourth-order valence-corrected chi connectivity index (χ4v) is 3.77. The molecule has 1 heterocycles. The maximum absolute atomic E-state index is 13.3. The number of thiazole rings is 1. The highest BCUT2D eigenvalue weighted by atomic mass is 32.1. The molecular weight excluding hydrogens is 380 g/mol. The standard InChI is InChI=1S/C23H20N4OS/c1-15(2)26-27-22-21(29-23(25-22)24-19-10-4-3-5-11-19)20(28)18-13-12-16-8-6-7-9-17(16)14-18/h3-14,27H,1-2H3,(H,24,25). The van der Waals surface area contributed by atoms with Gasteiger partial charge in [-0.2, -0.15) is 5.10 Å². The molecular formula is C23H20N4OS. The lowest BCUT2D eigenvalue weighted by atomic mass is 10.0. The monoisotopic (exact) mass is 400 g/mol. The highest BCUT2D eigenvalue weighted by Crippen LogP contribution is 2.32. The maximum atomic E-state index is 13.3. The molecule has 6 heteroatoms. The molecule has 0 unspecified atom stereocenters. The lowest BCUT2D eigenvalue weighted by Crippen LogP contribution is -2.03. The Labute approximate surface area is 173 Å². The van der Waals surface area contributed by atoms with Gasteiger partial charge in [-0.05, 0) is 42.8 Å². The van der Waals surface area contributed by atoms with Crippen LogP contribution in [-0.2, 0) is 0 Å². The van der Waals surface area contributed by atoms with Crippen molar-refractivity contribution in [1.82, 2.24) is 4.98 Å². The maximum Gasteiger partial charge on any atom is 0.206 e. The predicted molar refractivity (Wildman–Crippen MR) is 122 cm³/mol. The van der Waals surface area contributed by atoms with E-state index in [1.54, 1.807) is 0 Å². The number of nitrogens with zero attached hydrogens (tertiary/aromatic N) is 2. The normalized spacial score (nSPS) is 10.6. The molecule has 0 amide bonds. The molecule has 4 rings (SSSR count). The van der Waals surface area contributed by atoms with E-state index in [1.807, 2.05) is 86.6 Å². The van der Waals surface area contributed by atoms with Crippen molar-refractivity contribution in [1.29, 1.82) is 0 Å². The minimum absolute atomic E-state index is 0.0826. The quantitative estimate of drug-likeness (QED) is 0.234. The number of hydrazone groups is 1. The van der Waals surface area contributed by atoms with Crippen molar-refractivity contribution >= 4 is 50.2 Å². The van der Waals surface area contributed by atoms with Crippen LogP contribution in [0.4, 0.5) is 16.6 Å². The topological polar surface area (TPSA) is 66.4 Å². The highest BCUT2D eigenvalue weighted by molar-refractivity contribution is 7.18. The molecule has 0 spiro atoms. The Morgan fingerprint density at radius 2 is 1.66 bits per heavy atom. The van der Waals surface area contributed by atoms with Crippen LogP contribution in [0.5, 0.6) is 0 Å². The van der Waals surface area contributed by atoms with E-state index in [4.69, 9.17) is 0 Å². The van der Waals surface area contributed by atoms with Gasteiger partial charge in [-0.3, -0.25) is 10.2 Å². The third-order valence-electron chi connectivity index (χ3n) is 4.26. The van der Waals surface area contributed by atoms with Crippen LogP contribution < -0.4 is 10.7 Å². The third-order valence-corrected chi connectivity index (χ3v) is 5.23. The van der Waals surface area contributed by atoms with Crippen molar-refractivity contribution in [3.8, 4) is 0 Å². The lowest BCUT2D eigenvalue weighted by Gasteiger charge is -2.04. The molecule has 2 N–H and O–H groups in total. The van der Waals surface area contributed by atoms with Crippen molar-refractivity contribution in [2.75, 3.05) is 10.7 Å². The molecule has 0 atom stereocenters. The molecule has 1 aromatic heterocycles. The van der Waals surface area contributed by atoms with Crippen molar-refractivity contribution in [3.63, 3.8) is 0 Å². The molecule has 0 radical (unpaired) electrons. The van der Waals surface area contributed by atoms with Crippen molar-refractivity contribution in [2.45, 2.75) is 13.8 Å². The van der Waals surface area contributed by atoms with Gasteiger partial charge in [0.1, 0.15) is 4.88 Å². The van der Waals surface area contributed by atoms with E-state index in [2.05, 4.69) is 20.8 Å². The molecule has 0 aliphatic heterocycles. The molecule has 0 bridgehead atoms. The summed E-state index contributed by atoms with van der Waals surface area (Å²) in [5.41, 5.74) is 5.31. The fourth-order valence-electron chi connectivity index (χ4n) is 2.87. The minimum atomic E-state index is -0.0826. The van der Waals surface area contributed by atoms with Gasteiger partial charge in [0.15, 0.2) is 10.9 Å². The zero-order valence-electron chi connectivity index (χ0n) is 16.1. The van der Waals surface area contributed by atoms with Crippen molar-refractivity contribution in [3.05, 3.63) is 83.2 Å². The summed E-state index contributed by atoms with van der Waals surface area (Å²) in [5, 5.41) is 10.3. The number of benzene rings is 3. The third kappa shape index (κ3) is 4.33. The first-order valence-electron chi connectivity index (χ1n) is 9.23. The van der Waals surface area contributed by atoms with Gasteiger partial charge in [-0.25, -0.2) is 4.98 Å². The SMILES string of the molecule is CC(C)=NNc1nc(Nc2ccccc2)sc1C(=O)c1ccc2ccccc2c1. The second kappa shape index (κ2) is 8.24. The number of anilines is 3. The summed E-state index contributed by atoms with van der Waals surface area (Å²) in [7, 11) is 0. The number of aromatic nitrogens is 1. The summed E-state index contributed by atoms with van der Waals surface area (Å²) in [5.74, 6) is 0.369.